The number of rotatable bonds is 5. The van der Waals surface area contributed by atoms with Crippen molar-refractivity contribution in [2.75, 3.05) is 0 Å². The SMILES string of the molecule is Cc1ccsc1CNC(=O)Cc1ccc(/C(N)=N/O)cc1. The van der Waals surface area contributed by atoms with Crippen LogP contribution in [0.5, 0.6) is 0 Å². The first-order valence-corrected chi connectivity index (χ1v) is 7.34. The molecule has 0 aliphatic rings. The largest absolute Gasteiger partial charge is 0.409 e. The van der Waals surface area contributed by atoms with E-state index in [0.29, 0.717) is 18.5 Å². The number of amides is 1. The van der Waals surface area contributed by atoms with Gasteiger partial charge < -0.3 is 16.3 Å². The van der Waals surface area contributed by atoms with E-state index >= 15 is 0 Å². The molecule has 2 aromatic rings. The lowest BCUT2D eigenvalue weighted by Gasteiger charge is -2.06. The third-order valence-corrected chi connectivity index (χ3v) is 4.16. The molecule has 0 radical (unpaired) electrons. The highest BCUT2D eigenvalue weighted by atomic mass is 32.1. The Morgan fingerprint density at radius 3 is 2.62 bits per heavy atom. The van der Waals surface area contributed by atoms with E-state index in [2.05, 4.69) is 10.5 Å². The topological polar surface area (TPSA) is 87.7 Å². The van der Waals surface area contributed by atoms with Gasteiger partial charge in [-0.1, -0.05) is 29.4 Å². The second kappa shape index (κ2) is 6.90. The minimum absolute atomic E-state index is 0.0284. The number of nitrogens with zero attached hydrogens (tertiary/aromatic N) is 1. The number of hydrogen-bond acceptors (Lipinski definition) is 4. The number of nitrogens with two attached hydrogens (primary N) is 1. The van der Waals surface area contributed by atoms with Crippen LogP contribution in [0, 0.1) is 6.92 Å². The van der Waals surface area contributed by atoms with Crippen molar-refractivity contribution in [3.8, 4) is 0 Å². The zero-order chi connectivity index (χ0) is 15.2. The lowest BCUT2D eigenvalue weighted by atomic mass is 10.1. The number of oxime groups is 1. The molecule has 21 heavy (non-hydrogen) atoms. The van der Waals surface area contributed by atoms with Gasteiger partial charge in [0.05, 0.1) is 13.0 Å². The van der Waals surface area contributed by atoms with Gasteiger partial charge in [-0.15, -0.1) is 11.3 Å². The number of aryl methyl sites for hydroxylation is 1. The van der Waals surface area contributed by atoms with Crippen LogP contribution in [0.4, 0.5) is 0 Å². The molecule has 4 N–H and O–H groups in total. The Balaban J connectivity index is 1.89. The molecule has 1 amide bonds. The monoisotopic (exact) mass is 303 g/mol. The summed E-state index contributed by atoms with van der Waals surface area (Å²) < 4.78 is 0. The Morgan fingerprint density at radius 1 is 1.33 bits per heavy atom. The van der Waals surface area contributed by atoms with E-state index in [9.17, 15) is 4.79 Å². The number of carbonyl (C=O) groups excluding carboxylic acids is 1. The number of nitrogens with one attached hydrogen (secondary N) is 1. The summed E-state index contributed by atoms with van der Waals surface area (Å²) in [5.41, 5.74) is 8.18. The average molecular weight is 303 g/mol. The predicted molar refractivity (Wildman–Crippen MR) is 83.6 cm³/mol. The van der Waals surface area contributed by atoms with Crippen LogP contribution in [-0.4, -0.2) is 17.0 Å². The molecule has 110 valence electrons. The van der Waals surface area contributed by atoms with E-state index in [0.717, 1.165) is 5.56 Å². The van der Waals surface area contributed by atoms with Gasteiger partial charge in [-0.05, 0) is 29.5 Å². The van der Waals surface area contributed by atoms with E-state index in [4.69, 9.17) is 10.9 Å². The van der Waals surface area contributed by atoms with Crippen molar-refractivity contribution < 1.29 is 10.0 Å². The zero-order valence-electron chi connectivity index (χ0n) is 11.7. The summed E-state index contributed by atoms with van der Waals surface area (Å²) in [5, 5.41) is 16.4. The van der Waals surface area contributed by atoms with Gasteiger partial charge in [0.2, 0.25) is 5.91 Å². The summed E-state index contributed by atoms with van der Waals surface area (Å²) in [7, 11) is 0. The lowest BCUT2D eigenvalue weighted by molar-refractivity contribution is -0.120. The summed E-state index contributed by atoms with van der Waals surface area (Å²) in [6, 6.07) is 9.08. The number of carbonyl (C=O) groups is 1. The average Bonchev–Trinajstić information content (AvgIpc) is 2.90. The molecule has 2 rings (SSSR count). The number of benzene rings is 1. The van der Waals surface area contributed by atoms with Crippen LogP contribution in [-0.2, 0) is 17.8 Å². The zero-order valence-corrected chi connectivity index (χ0v) is 12.5. The fourth-order valence-corrected chi connectivity index (χ4v) is 2.71. The van der Waals surface area contributed by atoms with E-state index in [1.807, 2.05) is 18.4 Å². The molecule has 0 atom stereocenters. The first-order chi connectivity index (χ1) is 10.1. The summed E-state index contributed by atoms with van der Waals surface area (Å²) >= 11 is 1.64. The van der Waals surface area contributed by atoms with Crippen LogP contribution in [0.15, 0.2) is 40.9 Å². The van der Waals surface area contributed by atoms with Gasteiger partial charge in [0, 0.05) is 10.4 Å². The van der Waals surface area contributed by atoms with E-state index in [-0.39, 0.29) is 11.7 Å². The van der Waals surface area contributed by atoms with Crippen molar-refractivity contribution in [3.05, 3.63) is 57.3 Å². The third-order valence-electron chi connectivity index (χ3n) is 3.14. The summed E-state index contributed by atoms with van der Waals surface area (Å²) in [6.45, 7) is 2.59. The minimum atomic E-state index is -0.0284. The van der Waals surface area contributed by atoms with E-state index in [1.54, 1.807) is 35.6 Å². The van der Waals surface area contributed by atoms with E-state index < -0.39 is 0 Å². The van der Waals surface area contributed by atoms with Crippen molar-refractivity contribution in [1.29, 1.82) is 0 Å². The molecule has 0 saturated heterocycles. The van der Waals surface area contributed by atoms with Crippen LogP contribution in [0.3, 0.4) is 0 Å². The molecule has 0 saturated carbocycles. The van der Waals surface area contributed by atoms with Crippen LogP contribution in [0.1, 0.15) is 21.6 Å². The van der Waals surface area contributed by atoms with E-state index in [1.165, 1.54) is 10.4 Å². The summed E-state index contributed by atoms with van der Waals surface area (Å²) in [6.07, 6.45) is 0.306. The Morgan fingerprint density at radius 2 is 2.05 bits per heavy atom. The highest BCUT2D eigenvalue weighted by Gasteiger charge is 2.06. The maximum atomic E-state index is 11.9. The Labute approximate surface area is 127 Å². The second-order valence-corrected chi connectivity index (χ2v) is 5.66. The predicted octanol–water partition coefficient (Wildman–Crippen LogP) is 2.01. The van der Waals surface area contributed by atoms with Gasteiger partial charge in [0.15, 0.2) is 5.84 Å². The van der Waals surface area contributed by atoms with Crippen LogP contribution in [0.2, 0.25) is 0 Å². The second-order valence-electron chi connectivity index (χ2n) is 4.66. The first-order valence-electron chi connectivity index (χ1n) is 6.46. The van der Waals surface area contributed by atoms with Gasteiger partial charge in [-0.25, -0.2) is 0 Å². The van der Waals surface area contributed by atoms with Crippen molar-refractivity contribution in [1.82, 2.24) is 5.32 Å². The molecule has 6 heteroatoms. The molecular formula is C15H17N3O2S. The number of thiophene rings is 1. The van der Waals surface area contributed by atoms with Gasteiger partial charge in [-0.2, -0.15) is 0 Å². The summed E-state index contributed by atoms with van der Waals surface area (Å²) in [5.74, 6) is 0.0264. The van der Waals surface area contributed by atoms with Crippen molar-refractivity contribution in [2.24, 2.45) is 10.9 Å². The van der Waals surface area contributed by atoms with Crippen molar-refractivity contribution >= 4 is 23.1 Å². The maximum absolute atomic E-state index is 11.9. The Hall–Kier alpha value is -2.34. The lowest BCUT2D eigenvalue weighted by Crippen LogP contribution is -2.24. The van der Waals surface area contributed by atoms with Crippen LogP contribution >= 0.6 is 11.3 Å². The fraction of sp³-hybridized carbons (Fsp3) is 0.200. The maximum Gasteiger partial charge on any atom is 0.224 e. The normalized spacial score (nSPS) is 11.4. The molecule has 0 aliphatic heterocycles. The van der Waals surface area contributed by atoms with Crippen LogP contribution in [0.25, 0.3) is 0 Å². The molecule has 0 unspecified atom stereocenters. The smallest absolute Gasteiger partial charge is 0.224 e. The Bertz CT molecular complexity index is 647. The quantitative estimate of drug-likeness (QED) is 0.342. The Kier molecular flexibility index (Phi) is 4.94. The molecule has 0 bridgehead atoms. The molecule has 1 aromatic carbocycles. The standard InChI is InChI=1S/C15H17N3O2S/c1-10-6-7-21-13(10)9-17-14(19)8-11-2-4-12(5-3-11)15(16)18-20/h2-7,20H,8-9H2,1H3,(H2,16,18)(H,17,19). The van der Waals surface area contributed by atoms with Gasteiger partial charge in [0.1, 0.15) is 0 Å². The van der Waals surface area contributed by atoms with Crippen molar-refractivity contribution in [3.63, 3.8) is 0 Å². The summed E-state index contributed by atoms with van der Waals surface area (Å²) in [4.78, 5) is 13.1. The molecule has 0 spiro atoms. The highest BCUT2D eigenvalue weighted by molar-refractivity contribution is 7.10. The van der Waals surface area contributed by atoms with Crippen LogP contribution < -0.4 is 11.1 Å². The van der Waals surface area contributed by atoms with Gasteiger partial charge in [-0.3, -0.25) is 4.79 Å². The van der Waals surface area contributed by atoms with Gasteiger partial charge >= 0.3 is 0 Å². The third kappa shape index (κ3) is 4.06. The molecule has 1 aromatic heterocycles. The number of hydrogen-bond donors (Lipinski definition) is 3. The molecule has 5 nitrogen and oxygen atoms in total. The highest BCUT2D eigenvalue weighted by Crippen LogP contribution is 2.14. The fourth-order valence-electron chi connectivity index (χ4n) is 1.86. The minimum Gasteiger partial charge on any atom is -0.409 e. The number of amidine groups is 1. The molecule has 1 heterocycles. The molecule has 0 fully saturated rings. The molecular weight excluding hydrogens is 286 g/mol. The van der Waals surface area contributed by atoms with Crippen molar-refractivity contribution in [2.45, 2.75) is 19.9 Å². The first kappa shape index (κ1) is 15.1. The van der Waals surface area contributed by atoms with Gasteiger partial charge in [0.25, 0.3) is 0 Å². The molecule has 0 aliphatic carbocycles.